The van der Waals surface area contributed by atoms with Crippen molar-refractivity contribution in [1.82, 2.24) is 10.3 Å². The van der Waals surface area contributed by atoms with Gasteiger partial charge in [0, 0.05) is 12.7 Å². The maximum absolute atomic E-state index is 10.7. The van der Waals surface area contributed by atoms with Crippen molar-refractivity contribution >= 4 is 5.97 Å². The van der Waals surface area contributed by atoms with E-state index < -0.39 is 5.97 Å². The first-order chi connectivity index (χ1) is 8.76. The van der Waals surface area contributed by atoms with Crippen LogP contribution in [0.25, 0.3) is 0 Å². The highest BCUT2D eigenvalue weighted by Crippen LogP contribution is 2.67. The largest absolute Gasteiger partial charge is 0.478 e. The minimum atomic E-state index is -0.937. The third kappa shape index (κ3) is 2.50. The van der Waals surface area contributed by atoms with Gasteiger partial charge >= 0.3 is 5.97 Å². The Morgan fingerprint density at radius 2 is 1.95 bits per heavy atom. The number of carboxylic acid groups (broad SMARTS) is 1. The van der Waals surface area contributed by atoms with Crippen LogP contribution in [0.3, 0.4) is 0 Å². The van der Waals surface area contributed by atoms with E-state index in [0.717, 1.165) is 12.2 Å². The van der Waals surface area contributed by atoms with Crippen molar-refractivity contribution in [2.24, 2.45) is 16.7 Å². The minimum Gasteiger partial charge on any atom is -0.478 e. The first kappa shape index (κ1) is 14.0. The molecule has 0 atom stereocenters. The van der Waals surface area contributed by atoms with Crippen LogP contribution in [-0.2, 0) is 6.54 Å². The van der Waals surface area contributed by atoms with E-state index in [1.165, 1.54) is 6.20 Å². The zero-order chi connectivity index (χ0) is 14.3. The van der Waals surface area contributed by atoms with Crippen molar-refractivity contribution in [3.8, 4) is 0 Å². The van der Waals surface area contributed by atoms with E-state index in [2.05, 4.69) is 38.0 Å². The van der Waals surface area contributed by atoms with E-state index in [1.807, 2.05) is 0 Å². The summed E-state index contributed by atoms with van der Waals surface area (Å²) in [5, 5.41) is 12.2. The SMILES string of the molecule is CC1(C)C(CNCc2ccc(C(=O)O)cn2)C1(C)C. The first-order valence-electron chi connectivity index (χ1n) is 6.66. The monoisotopic (exact) mass is 262 g/mol. The average molecular weight is 262 g/mol. The van der Waals surface area contributed by atoms with Gasteiger partial charge in [-0.3, -0.25) is 4.98 Å². The van der Waals surface area contributed by atoms with Crippen LogP contribution in [0.15, 0.2) is 18.3 Å². The number of carboxylic acids is 1. The van der Waals surface area contributed by atoms with Gasteiger partial charge in [-0.2, -0.15) is 0 Å². The number of hydrogen-bond acceptors (Lipinski definition) is 3. The molecule has 1 saturated carbocycles. The van der Waals surface area contributed by atoms with Crippen molar-refractivity contribution in [2.45, 2.75) is 34.2 Å². The quantitative estimate of drug-likeness (QED) is 0.856. The van der Waals surface area contributed by atoms with Crippen molar-refractivity contribution in [2.75, 3.05) is 6.54 Å². The summed E-state index contributed by atoms with van der Waals surface area (Å²) in [6.07, 6.45) is 1.41. The fraction of sp³-hybridized carbons (Fsp3) is 0.600. The number of aromatic nitrogens is 1. The van der Waals surface area contributed by atoms with Gasteiger partial charge in [-0.05, 0) is 35.4 Å². The molecule has 0 bridgehead atoms. The highest BCUT2D eigenvalue weighted by atomic mass is 16.4. The summed E-state index contributed by atoms with van der Waals surface area (Å²) in [6.45, 7) is 10.9. The maximum Gasteiger partial charge on any atom is 0.337 e. The summed E-state index contributed by atoms with van der Waals surface area (Å²) in [5.41, 5.74) is 1.88. The predicted molar refractivity (Wildman–Crippen MR) is 74.0 cm³/mol. The van der Waals surface area contributed by atoms with Crippen molar-refractivity contribution < 1.29 is 9.90 Å². The number of rotatable bonds is 5. The van der Waals surface area contributed by atoms with Crippen LogP contribution in [0.1, 0.15) is 43.7 Å². The van der Waals surface area contributed by atoms with Gasteiger partial charge in [-0.1, -0.05) is 27.7 Å². The Hall–Kier alpha value is -1.42. The molecule has 0 radical (unpaired) electrons. The topological polar surface area (TPSA) is 62.2 Å². The fourth-order valence-electron chi connectivity index (χ4n) is 2.84. The zero-order valence-corrected chi connectivity index (χ0v) is 12.0. The Morgan fingerprint density at radius 1 is 1.32 bits per heavy atom. The molecule has 1 aromatic rings. The highest BCUT2D eigenvalue weighted by Gasteiger charge is 2.63. The van der Waals surface area contributed by atoms with Gasteiger partial charge in [0.2, 0.25) is 0 Å². The Bertz CT molecular complexity index is 463. The lowest BCUT2D eigenvalue weighted by Crippen LogP contribution is -2.19. The molecule has 2 N–H and O–H groups in total. The van der Waals surface area contributed by atoms with Crippen molar-refractivity contribution in [3.05, 3.63) is 29.6 Å². The summed E-state index contributed by atoms with van der Waals surface area (Å²) >= 11 is 0. The number of hydrogen-bond donors (Lipinski definition) is 2. The van der Waals surface area contributed by atoms with Crippen LogP contribution in [0.2, 0.25) is 0 Å². The van der Waals surface area contributed by atoms with E-state index in [1.54, 1.807) is 12.1 Å². The van der Waals surface area contributed by atoms with Gasteiger partial charge in [0.25, 0.3) is 0 Å². The summed E-state index contributed by atoms with van der Waals surface area (Å²) < 4.78 is 0. The van der Waals surface area contributed by atoms with Gasteiger partial charge in [0.05, 0.1) is 11.3 Å². The average Bonchev–Trinajstić information content (AvgIpc) is 2.72. The van der Waals surface area contributed by atoms with E-state index >= 15 is 0 Å². The van der Waals surface area contributed by atoms with E-state index in [4.69, 9.17) is 5.11 Å². The molecule has 1 heterocycles. The Morgan fingerprint density at radius 3 is 2.37 bits per heavy atom. The minimum absolute atomic E-state index is 0.230. The molecule has 1 aliphatic rings. The number of nitrogens with one attached hydrogen (secondary N) is 1. The number of aromatic carboxylic acids is 1. The van der Waals surface area contributed by atoms with Crippen LogP contribution in [-0.4, -0.2) is 22.6 Å². The second kappa shape index (κ2) is 4.60. The van der Waals surface area contributed by atoms with Crippen LogP contribution in [0, 0.1) is 16.7 Å². The van der Waals surface area contributed by atoms with Crippen LogP contribution < -0.4 is 5.32 Å². The molecule has 4 heteroatoms. The molecule has 0 unspecified atom stereocenters. The van der Waals surface area contributed by atoms with Gasteiger partial charge < -0.3 is 10.4 Å². The van der Waals surface area contributed by atoms with Crippen LogP contribution in [0.5, 0.6) is 0 Å². The Balaban J connectivity index is 1.83. The Kier molecular flexibility index (Phi) is 3.39. The molecule has 2 rings (SSSR count). The van der Waals surface area contributed by atoms with E-state index in [0.29, 0.717) is 23.3 Å². The molecule has 0 spiro atoms. The molecule has 0 aromatic carbocycles. The lowest BCUT2D eigenvalue weighted by Gasteiger charge is -2.06. The molecular formula is C15H22N2O2. The third-order valence-corrected chi connectivity index (χ3v) is 5.05. The van der Waals surface area contributed by atoms with Crippen LogP contribution in [0.4, 0.5) is 0 Å². The van der Waals surface area contributed by atoms with Gasteiger partial charge in [-0.15, -0.1) is 0 Å². The summed E-state index contributed by atoms with van der Waals surface area (Å²) in [5.74, 6) is -0.258. The summed E-state index contributed by atoms with van der Waals surface area (Å²) in [7, 11) is 0. The predicted octanol–water partition coefficient (Wildman–Crippen LogP) is 2.55. The number of carbonyl (C=O) groups is 1. The van der Waals surface area contributed by atoms with Gasteiger partial charge in [0.1, 0.15) is 0 Å². The van der Waals surface area contributed by atoms with E-state index in [9.17, 15) is 4.79 Å². The fourth-order valence-corrected chi connectivity index (χ4v) is 2.84. The van der Waals surface area contributed by atoms with E-state index in [-0.39, 0.29) is 5.56 Å². The second-order valence-corrected chi connectivity index (χ2v) is 6.47. The van der Waals surface area contributed by atoms with Crippen LogP contribution >= 0.6 is 0 Å². The Labute approximate surface area is 114 Å². The molecule has 104 valence electrons. The molecule has 1 aliphatic carbocycles. The second-order valence-electron chi connectivity index (χ2n) is 6.47. The lowest BCUT2D eigenvalue weighted by atomic mass is 10.0. The summed E-state index contributed by atoms with van der Waals surface area (Å²) in [4.78, 5) is 14.9. The van der Waals surface area contributed by atoms with Crippen molar-refractivity contribution in [1.29, 1.82) is 0 Å². The molecule has 0 amide bonds. The zero-order valence-electron chi connectivity index (χ0n) is 12.0. The number of nitrogens with zero attached hydrogens (tertiary/aromatic N) is 1. The molecular weight excluding hydrogens is 240 g/mol. The molecule has 0 aliphatic heterocycles. The molecule has 19 heavy (non-hydrogen) atoms. The molecule has 1 aromatic heterocycles. The highest BCUT2D eigenvalue weighted by molar-refractivity contribution is 5.87. The smallest absolute Gasteiger partial charge is 0.337 e. The standard InChI is InChI=1S/C15H22N2O2/c1-14(2)12(15(14,3)4)9-16-8-11-6-5-10(7-17-11)13(18)19/h5-7,12,16H,8-9H2,1-4H3,(H,18,19). The van der Waals surface area contributed by atoms with Gasteiger partial charge in [-0.25, -0.2) is 4.79 Å². The first-order valence-corrected chi connectivity index (χ1v) is 6.66. The normalized spacial score (nSPS) is 20.2. The molecule has 1 fully saturated rings. The summed E-state index contributed by atoms with van der Waals surface area (Å²) in [6, 6.07) is 3.36. The number of pyridine rings is 1. The van der Waals surface area contributed by atoms with Gasteiger partial charge in [0.15, 0.2) is 0 Å². The lowest BCUT2D eigenvalue weighted by molar-refractivity contribution is 0.0696. The molecule has 4 nitrogen and oxygen atoms in total. The third-order valence-electron chi connectivity index (χ3n) is 5.05. The van der Waals surface area contributed by atoms with Crippen molar-refractivity contribution in [3.63, 3.8) is 0 Å². The maximum atomic E-state index is 10.7. The molecule has 0 saturated heterocycles.